The Labute approximate surface area is 124 Å². The maximum Gasteiger partial charge on any atom is 0.147 e. The number of nitrogens with two attached hydrogens (primary N) is 1. The third-order valence-corrected chi connectivity index (χ3v) is 3.43. The lowest BCUT2D eigenvalue weighted by Crippen LogP contribution is -2.33. The van der Waals surface area contributed by atoms with Crippen LogP contribution in [-0.4, -0.2) is 22.6 Å². The van der Waals surface area contributed by atoms with E-state index in [9.17, 15) is 0 Å². The zero-order chi connectivity index (χ0) is 15.1. The first-order valence-corrected chi connectivity index (χ1v) is 6.89. The van der Waals surface area contributed by atoms with E-state index < -0.39 is 0 Å². The normalized spacial score (nSPS) is 14.6. The second-order valence-electron chi connectivity index (χ2n) is 4.87. The summed E-state index contributed by atoms with van der Waals surface area (Å²) >= 11 is 0. The Morgan fingerprint density at radius 1 is 1.24 bits per heavy atom. The summed E-state index contributed by atoms with van der Waals surface area (Å²) in [6, 6.07) is 15.7. The van der Waals surface area contributed by atoms with E-state index in [1.165, 1.54) is 0 Å². The quantitative estimate of drug-likeness (QED) is 0.329. The van der Waals surface area contributed by atoms with Crippen molar-refractivity contribution in [1.29, 1.82) is 0 Å². The van der Waals surface area contributed by atoms with Gasteiger partial charge < -0.3 is 16.3 Å². The summed E-state index contributed by atoms with van der Waals surface area (Å²) in [4.78, 5) is 4.32. The van der Waals surface area contributed by atoms with Crippen LogP contribution in [0.2, 0.25) is 0 Å². The molecule has 0 bridgehead atoms. The van der Waals surface area contributed by atoms with E-state index in [4.69, 9.17) is 10.9 Å². The van der Waals surface area contributed by atoms with Crippen molar-refractivity contribution in [3.8, 4) is 0 Å². The average Bonchev–Trinajstić information content (AvgIpc) is 2.56. The molecule has 1 unspecified atom stereocenters. The van der Waals surface area contributed by atoms with Gasteiger partial charge in [-0.1, -0.05) is 41.6 Å². The Morgan fingerprint density at radius 3 is 2.57 bits per heavy atom. The smallest absolute Gasteiger partial charge is 0.147 e. The Bertz CT molecular complexity index is 571. The lowest BCUT2D eigenvalue weighted by atomic mass is 9.97. The van der Waals surface area contributed by atoms with Gasteiger partial charge in [0.2, 0.25) is 0 Å². The fourth-order valence-electron chi connectivity index (χ4n) is 2.18. The molecule has 0 radical (unpaired) electrons. The van der Waals surface area contributed by atoms with Gasteiger partial charge in [0.1, 0.15) is 5.84 Å². The van der Waals surface area contributed by atoms with Crippen LogP contribution in [0.1, 0.15) is 30.1 Å². The molecule has 0 aliphatic rings. The van der Waals surface area contributed by atoms with Crippen LogP contribution in [-0.2, 0) is 0 Å². The number of hydrogen-bond acceptors (Lipinski definition) is 4. The number of amidine groups is 1. The lowest BCUT2D eigenvalue weighted by molar-refractivity contribution is 0.315. The number of hydrogen-bond donors (Lipinski definition) is 3. The van der Waals surface area contributed by atoms with Gasteiger partial charge in [0.05, 0.1) is 11.6 Å². The van der Waals surface area contributed by atoms with E-state index in [0.717, 1.165) is 11.3 Å². The summed E-state index contributed by atoms with van der Waals surface area (Å²) in [6.45, 7) is 2.61. The predicted molar refractivity (Wildman–Crippen MR) is 83.2 cm³/mol. The molecule has 110 valence electrons. The molecule has 5 heteroatoms. The first kappa shape index (κ1) is 15.0. The molecule has 1 heterocycles. The van der Waals surface area contributed by atoms with Crippen molar-refractivity contribution in [3.63, 3.8) is 0 Å². The number of oxime groups is 1. The van der Waals surface area contributed by atoms with Crippen molar-refractivity contribution < 1.29 is 5.21 Å². The summed E-state index contributed by atoms with van der Waals surface area (Å²) in [7, 11) is 0. The highest BCUT2D eigenvalue weighted by Crippen LogP contribution is 2.17. The summed E-state index contributed by atoms with van der Waals surface area (Å²) in [5.41, 5.74) is 7.79. The monoisotopic (exact) mass is 284 g/mol. The van der Waals surface area contributed by atoms with Crippen molar-refractivity contribution >= 4 is 5.84 Å². The molecule has 2 atom stereocenters. The summed E-state index contributed by atoms with van der Waals surface area (Å²) in [5, 5.41) is 15.5. The molecule has 1 aromatic carbocycles. The van der Waals surface area contributed by atoms with Crippen molar-refractivity contribution in [2.45, 2.75) is 18.9 Å². The number of pyridine rings is 1. The van der Waals surface area contributed by atoms with Crippen molar-refractivity contribution in [2.24, 2.45) is 10.9 Å². The number of rotatable bonds is 6. The van der Waals surface area contributed by atoms with Gasteiger partial charge in [-0.05, 0) is 24.6 Å². The van der Waals surface area contributed by atoms with Crippen LogP contribution >= 0.6 is 0 Å². The summed E-state index contributed by atoms with van der Waals surface area (Å²) in [6.07, 6.45) is 1.77. The van der Waals surface area contributed by atoms with Crippen LogP contribution in [0.25, 0.3) is 0 Å². The van der Waals surface area contributed by atoms with E-state index in [1.54, 1.807) is 6.20 Å². The molecule has 1 aromatic heterocycles. The minimum absolute atomic E-state index is 0.0869. The van der Waals surface area contributed by atoms with Crippen LogP contribution < -0.4 is 11.1 Å². The second-order valence-corrected chi connectivity index (χ2v) is 4.87. The molecule has 0 saturated carbocycles. The van der Waals surface area contributed by atoms with E-state index in [-0.39, 0.29) is 17.8 Å². The zero-order valence-electron chi connectivity index (χ0n) is 12.0. The van der Waals surface area contributed by atoms with Crippen molar-refractivity contribution in [2.75, 3.05) is 6.54 Å². The highest BCUT2D eigenvalue weighted by Gasteiger charge is 2.18. The molecule has 0 amide bonds. The molecule has 5 nitrogen and oxygen atoms in total. The number of nitrogens with one attached hydrogen (secondary N) is 1. The molecule has 2 rings (SSSR count). The molecular weight excluding hydrogens is 264 g/mol. The zero-order valence-corrected chi connectivity index (χ0v) is 12.0. The first-order chi connectivity index (χ1) is 10.2. The van der Waals surface area contributed by atoms with Gasteiger partial charge in [0, 0.05) is 18.8 Å². The van der Waals surface area contributed by atoms with Crippen LogP contribution in [0, 0.1) is 0 Å². The fourth-order valence-corrected chi connectivity index (χ4v) is 2.18. The SMILES string of the molecule is C[C@@H](NCC(/C(N)=N/O)c1ccccc1)c1ccccn1. The lowest BCUT2D eigenvalue weighted by Gasteiger charge is -2.20. The Hall–Kier alpha value is -2.40. The van der Waals surface area contributed by atoms with E-state index in [0.29, 0.717) is 6.54 Å². The van der Waals surface area contributed by atoms with Crippen LogP contribution in [0.15, 0.2) is 59.9 Å². The van der Waals surface area contributed by atoms with Crippen LogP contribution in [0.3, 0.4) is 0 Å². The van der Waals surface area contributed by atoms with Gasteiger partial charge in [0.15, 0.2) is 0 Å². The average molecular weight is 284 g/mol. The maximum atomic E-state index is 8.97. The van der Waals surface area contributed by atoms with Gasteiger partial charge in [-0.3, -0.25) is 4.98 Å². The minimum Gasteiger partial charge on any atom is -0.409 e. The minimum atomic E-state index is -0.178. The second kappa shape index (κ2) is 7.40. The highest BCUT2D eigenvalue weighted by molar-refractivity contribution is 5.87. The van der Waals surface area contributed by atoms with Crippen LogP contribution in [0.4, 0.5) is 0 Å². The molecule has 0 spiro atoms. The Kier molecular flexibility index (Phi) is 5.29. The molecule has 2 aromatic rings. The predicted octanol–water partition coefficient (Wildman–Crippen LogP) is 2.26. The third kappa shape index (κ3) is 4.03. The molecule has 0 fully saturated rings. The first-order valence-electron chi connectivity index (χ1n) is 6.89. The molecule has 0 saturated heterocycles. The van der Waals surface area contributed by atoms with E-state index in [2.05, 4.69) is 15.5 Å². The topological polar surface area (TPSA) is 83.5 Å². The maximum absolute atomic E-state index is 8.97. The molecular formula is C16H20N4O. The van der Waals surface area contributed by atoms with Gasteiger partial charge in [0.25, 0.3) is 0 Å². The van der Waals surface area contributed by atoms with E-state index in [1.807, 2.05) is 55.5 Å². The Balaban J connectivity index is 2.07. The van der Waals surface area contributed by atoms with E-state index >= 15 is 0 Å². The molecule has 0 aliphatic carbocycles. The largest absolute Gasteiger partial charge is 0.409 e. The standard InChI is InChI=1S/C16H20N4O/c1-12(15-9-5-6-10-18-15)19-11-14(16(17)20-21)13-7-3-2-4-8-13/h2-10,12,14,19,21H,11H2,1H3,(H2,17,20)/t12-,14?/m1/s1. The molecule has 0 aliphatic heterocycles. The van der Waals surface area contributed by atoms with Gasteiger partial charge in [-0.25, -0.2) is 0 Å². The van der Waals surface area contributed by atoms with Gasteiger partial charge in [-0.15, -0.1) is 0 Å². The van der Waals surface area contributed by atoms with Crippen molar-refractivity contribution in [1.82, 2.24) is 10.3 Å². The third-order valence-electron chi connectivity index (χ3n) is 3.43. The van der Waals surface area contributed by atoms with Gasteiger partial charge in [-0.2, -0.15) is 0 Å². The molecule has 21 heavy (non-hydrogen) atoms. The van der Waals surface area contributed by atoms with Crippen molar-refractivity contribution in [3.05, 3.63) is 66.0 Å². The summed E-state index contributed by atoms with van der Waals surface area (Å²) in [5.74, 6) is 0.0179. The highest BCUT2D eigenvalue weighted by atomic mass is 16.4. The van der Waals surface area contributed by atoms with Gasteiger partial charge >= 0.3 is 0 Å². The molecule has 4 N–H and O–H groups in total. The number of aromatic nitrogens is 1. The Morgan fingerprint density at radius 2 is 1.95 bits per heavy atom. The van der Waals surface area contributed by atoms with Crippen LogP contribution in [0.5, 0.6) is 0 Å². The fraction of sp³-hybridized carbons (Fsp3) is 0.250. The number of benzene rings is 1. The summed E-state index contributed by atoms with van der Waals surface area (Å²) < 4.78 is 0. The number of nitrogens with zero attached hydrogens (tertiary/aromatic N) is 2.